The quantitative estimate of drug-likeness (QED) is 0.753. The summed E-state index contributed by atoms with van der Waals surface area (Å²) in [6.45, 7) is 5.76. The van der Waals surface area contributed by atoms with Crippen LogP contribution in [0.25, 0.3) is 0 Å². The highest BCUT2D eigenvalue weighted by atomic mass is 16.5. The molecule has 0 spiro atoms. The third-order valence-corrected chi connectivity index (χ3v) is 2.63. The Morgan fingerprint density at radius 3 is 2.60 bits per heavy atom. The molecule has 0 amide bonds. The Morgan fingerprint density at radius 1 is 1.25 bits per heavy atom. The summed E-state index contributed by atoms with van der Waals surface area (Å²) in [6, 6.07) is 5.73. The zero-order valence-electron chi connectivity index (χ0n) is 12.4. The van der Waals surface area contributed by atoms with Crippen LogP contribution in [0.3, 0.4) is 0 Å². The van der Waals surface area contributed by atoms with Crippen LogP contribution in [-0.2, 0) is 11.3 Å². The van der Waals surface area contributed by atoms with Gasteiger partial charge in [0, 0.05) is 6.54 Å². The second-order valence-electron chi connectivity index (χ2n) is 4.63. The Bertz CT molecular complexity index is 434. The van der Waals surface area contributed by atoms with E-state index in [0.29, 0.717) is 25.5 Å². The minimum atomic E-state index is -0.833. The average molecular weight is 281 g/mol. The fraction of sp³-hybridized carbons (Fsp3) is 0.533. The molecule has 1 aromatic carbocycles. The molecule has 5 nitrogen and oxygen atoms in total. The lowest BCUT2D eigenvalue weighted by atomic mass is 10.2. The van der Waals surface area contributed by atoms with E-state index in [1.165, 1.54) is 0 Å². The Hall–Kier alpha value is -1.75. The minimum Gasteiger partial charge on any atom is -0.490 e. The first-order valence-corrected chi connectivity index (χ1v) is 6.85. The highest BCUT2D eigenvalue weighted by Gasteiger charge is 2.09. The van der Waals surface area contributed by atoms with Gasteiger partial charge < -0.3 is 14.6 Å². The third-order valence-electron chi connectivity index (χ3n) is 2.63. The smallest absolute Gasteiger partial charge is 0.317 e. The van der Waals surface area contributed by atoms with E-state index in [2.05, 4.69) is 6.92 Å². The Kier molecular flexibility index (Phi) is 6.87. The van der Waals surface area contributed by atoms with E-state index in [1.54, 1.807) is 11.9 Å². The van der Waals surface area contributed by atoms with Gasteiger partial charge in [-0.15, -0.1) is 0 Å². The van der Waals surface area contributed by atoms with Gasteiger partial charge in [-0.25, -0.2) is 0 Å². The number of benzene rings is 1. The van der Waals surface area contributed by atoms with Crippen molar-refractivity contribution in [1.29, 1.82) is 0 Å². The van der Waals surface area contributed by atoms with Crippen molar-refractivity contribution < 1.29 is 19.4 Å². The minimum absolute atomic E-state index is 0.0120. The van der Waals surface area contributed by atoms with E-state index in [-0.39, 0.29) is 6.54 Å². The number of rotatable bonds is 9. The molecular weight excluding hydrogens is 258 g/mol. The first-order chi connectivity index (χ1) is 9.56. The van der Waals surface area contributed by atoms with Gasteiger partial charge in [-0.1, -0.05) is 13.0 Å². The van der Waals surface area contributed by atoms with E-state index in [0.717, 1.165) is 17.7 Å². The Balaban J connectivity index is 2.77. The Morgan fingerprint density at radius 2 is 2.00 bits per heavy atom. The molecule has 0 aromatic heterocycles. The SMILES string of the molecule is CCCOc1ccc(CN(C)CC(=O)O)cc1OCC. The van der Waals surface area contributed by atoms with Crippen LogP contribution in [0.5, 0.6) is 11.5 Å². The van der Waals surface area contributed by atoms with Crippen LogP contribution in [0.15, 0.2) is 18.2 Å². The molecule has 0 aliphatic heterocycles. The van der Waals surface area contributed by atoms with Crippen LogP contribution in [0.4, 0.5) is 0 Å². The molecule has 1 rings (SSSR count). The normalized spacial score (nSPS) is 10.6. The first-order valence-electron chi connectivity index (χ1n) is 6.85. The van der Waals surface area contributed by atoms with Crippen molar-refractivity contribution in [2.75, 3.05) is 26.8 Å². The van der Waals surface area contributed by atoms with Gasteiger partial charge in [0.2, 0.25) is 0 Å². The second kappa shape index (κ2) is 8.43. The zero-order chi connectivity index (χ0) is 15.0. The highest BCUT2D eigenvalue weighted by molar-refractivity contribution is 5.69. The molecule has 0 unspecified atom stereocenters. The lowest BCUT2D eigenvalue weighted by Crippen LogP contribution is -2.25. The van der Waals surface area contributed by atoms with E-state index < -0.39 is 5.97 Å². The summed E-state index contributed by atoms with van der Waals surface area (Å²) in [4.78, 5) is 12.4. The van der Waals surface area contributed by atoms with E-state index in [4.69, 9.17) is 14.6 Å². The number of hydrogen-bond donors (Lipinski definition) is 1. The van der Waals surface area contributed by atoms with Crippen LogP contribution in [-0.4, -0.2) is 42.8 Å². The van der Waals surface area contributed by atoms with Crippen LogP contribution in [0, 0.1) is 0 Å². The van der Waals surface area contributed by atoms with Gasteiger partial charge in [-0.3, -0.25) is 9.69 Å². The zero-order valence-corrected chi connectivity index (χ0v) is 12.4. The van der Waals surface area contributed by atoms with Gasteiger partial charge in [0.05, 0.1) is 19.8 Å². The van der Waals surface area contributed by atoms with Crippen LogP contribution in [0.2, 0.25) is 0 Å². The molecule has 1 N–H and O–H groups in total. The molecule has 0 saturated heterocycles. The summed E-state index contributed by atoms with van der Waals surface area (Å²) in [7, 11) is 1.77. The monoisotopic (exact) mass is 281 g/mol. The summed E-state index contributed by atoms with van der Waals surface area (Å²) in [5.74, 6) is 0.612. The van der Waals surface area contributed by atoms with Gasteiger partial charge in [-0.05, 0) is 38.1 Å². The average Bonchev–Trinajstić information content (AvgIpc) is 2.37. The van der Waals surface area contributed by atoms with Crippen LogP contribution >= 0.6 is 0 Å². The molecule has 0 aliphatic carbocycles. The van der Waals surface area contributed by atoms with Gasteiger partial charge in [-0.2, -0.15) is 0 Å². The van der Waals surface area contributed by atoms with Gasteiger partial charge >= 0.3 is 5.97 Å². The number of carboxylic acid groups (broad SMARTS) is 1. The number of ether oxygens (including phenoxy) is 2. The van der Waals surface area contributed by atoms with E-state index in [9.17, 15) is 4.79 Å². The molecule has 112 valence electrons. The summed E-state index contributed by atoms with van der Waals surface area (Å²) >= 11 is 0. The standard InChI is InChI=1S/C15H23NO4/c1-4-8-20-13-7-6-12(9-14(13)19-5-2)10-16(3)11-15(17)18/h6-7,9H,4-5,8,10-11H2,1-3H3,(H,17,18). The number of likely N-dealkylation sites (N-methyl/N-ethyl adjacent to an activating group) is 1. The third kappa shape index (κ3) is 5.48. The molecule has 1 aromatic rings. The van der Waals surface area contributed by atoms with Crippen LogP contribution < -0.4 is 9.47 Å². The molecular formula is C15H23NO4. The first kappa shape index (κ1) is 16.3. The van der Waals surface area contributed by atoms with Crippen molar-refractivity contribution in [3.63, 3.8) is 0 Å². The van der Waals surface area contributed by atoms with Crippen LogP contribution in [0.1, 0.15) is 25.8 Å². The van der Waals surface area contributed by atoms with Crippen molar-refractivity contribution in [2.45, 2.75) is 26.8 Å². The molecule has 0 saturated carbocycles. The maximum Gasteiger partial charge on any atom is 0.317 e. The summed E-state index contributed by atoms with van der Waals surface area (Å²) in [5.41, 5.74) is 1.00. The van der Waals surface area contributed by atoms with Crippen molar-refractivity contribution in [1.82, 2.24) is 4.90 Å². The van der Waals surface area contributed by atoms with Crippen molar-refractivity contribution in [2.24, 2.45) is 0 Å². The van der Waals surface area contributed by atoms with Crippen molar-refractivity contribution >= 4 is 5.97 Å². The fourth-order valence-corrected chi connectivity index (χ4v) is 1.85. The predicted octanol–water partition coefficient (Wildman–Crippen LogP) is 2.39. The molecule has 20 heavy (non-hydrogen) atoms. The van der Waals surface area contributed by atoms with E-state index in [1.807, 2.05) is 25.1 Å². The van der Waals surface area contributed by atoms with E-state index >= 15 is 0 Å². The molecule has 5 heteroatoms. The van der Waals surface area contributed by atoms with Gasteiger partial charge in [0.25, 0.3) is 0 Å². The summed E-state index contributed by atoms with van der Waals surface area (Å²) in [6.07, 6.45) is 0.939. The molecule has 0 heterocycles. The maximum atomic E-state index is 10.7. The number of carboxylic acids is 1. The molecule has 0 bridgehead atoms. The predicted molar refractivity (Wildman–Crippen MR) is 77.4 cm³/mol. The molecule has 0 aliphatic rings. The molecule has 0 radical (unpaired) electrons. The van der Waals surface area contributed by atoms with Crippen molar-refractivity contribution in [3.05, 3.63) is 23.8 Å². The lowest BCUT2D eigenvalue weighted by Gasteiger charge is -2.16. The van der Waals surface area contributed by atoms with Gasteiger partial charge in [0.1, 0.15) is 0 Å². The van der Waals surface area contributed by atoms with Gasteiger partial charge in [0.15, 0.2) is 11.5 Å². The Labute approximate surface area is 120 Å². The summed E-state index contributed by atoms with van der Waals surface area (Å²) < 4.78 is 11.2. The topological polar surface area (TPSA) is 59.0 Å². The number of hydrogen-bond acceptors (Lipinski definition) is 4. The maximum absolute atomic E-state index is 10.7. The fourth-order valence-electron chi connectivity index (χ4n) is 1.85. The number of aliphatic carboxylic acids is 1. The molecule has 0 atom stereocenters. The number of carbonyl (C=O) groups is 1. The second-order valence-corrected chi connectivity index (χ2v) is 4.63. The highest BCUT2D eigenvalue weighted by Crippen LogP contribution is 2.29. The van der Waals surface area contributed by atoms with Crippen molar-refractivity contribution in [3.8, 4) is 11.5 Å². The number of nitrogens with zero attached hydrogens (tertiary/aromatic N) is 1. The summed E-state index contributed by atoms with van der Waals surface area (Å²) in [5, 5.41) is 8.76. The lowest BCUT2D eigenvalue weighted by molar-refractivity contribution is -0.138. The largest absolute Gasteiger partial charge is 0.490 e. The molecule has 0 fully saturated rings.